The maximum atomic E-state index is 12.0. The van der Waals surface area contributed by atoms with Gasteiger partial charge in [0.1, 0.15) is 6.04 Å². The summed E-state index contributed by atoms with van der Waals surface area (Å²) in [7, 11) is 0. The number of hydrogen-bond acceptors (Lipinski definition) is 4. The monoisotopic (exact) mass is 304 g/mol. The minimum absolute atomic E-state index is 0.0203. The number of aryl methyl sites for hydroxylation is 1. The molecule has 0 aliphatic heterocycles. The molecule has 1 amide bonds. The second-order valence-corrected chi connectivity index (χ2v) is 5.05. The molecule has 116 valence electrons. The first-order valence-corrected chi connectivity index (χ1v) is 6.89. The number of nitrogens with two attached hydrogens (primary N) is 1. The summed E-state index contributed by atoms with van der Waals surface area (Å²) < 4.78 is 5.27. The van der Waals surface area contributed by atoms with Crippen molar-refractivity contribution in [2.75, 3.05) is 11.9 Å². The number of nitrogens with one attached hydrogen (secondary N) is 1. The van der Waals surface area contributed by atoms with Crippen molar-refractivity contribution in [2.45, 2.75) is 19.9 Å². The Hall–Kier alpha value is -2.67. The lowest BCUT2D eigenvalue weighted by molar-refractivity contribution is -0.684. The molecule has 0 fully saturated rings. The number of non-ortho nitro benzene ring substituents is 1. The van der Waals surface area contributed by atoms with E-state index in [1.54, 1.807) is 25.3 Å². The van der Waals surface area contributed by atoms with Gasteiger partial charge in [-0.2, -0.15) is 0 Å². The van der Waals surface area contributed by atoms with E-state index in [2.05, 4.69) is 5.32 Å². The number of amides is 1. The molecule has 1 aromatic heterocycles. The summed E-state index contributed by atoms with van der Waals surface area (Å²) in [6.45, 7) is 3.92. The van der Waals surface area contributed by atoms with Gasteiger partial charge in [-0.1, -0.05) is 6.07 Å². The molecule has 2 aromatic rings. The van der Waals surface area contributed by atoms with Crippen molar-refractivity contribution in [3.05, 3.63) is 58.0 Å². The molecule has 0 saturated carbocycles. The Morgan fingerprint density at radius 1 is 1.45 bits per heavy atom. The van der Waals surface area contributed by atoms with Crippen LogP contribution in [0.2, 0.25) is 0 Å². The number of benzene rings is 1. The first-order chi connectivity index (χ1) is 10.5. The minimum Gasteiger partial charge on any atom is -0.463 e. The van der Waals surface area contributed by atoms with Gasteiger partial charge in [0, 0.05) is 12.1 Å². The van der Waals surface area contributed by atoms with Crippen molar-refractivity contribution >= 4 is 17.3 Å². The molecule has 2 rings (SSSR count). The topological polar surface area (TPSA) is 102 Å². The third kappa shape index (κ3) is 3.92. The van der Waals surface area contributed by atoms with Crippen LogP contribution < -0.4 is 10.6 Å². The number of quaternary nitrogens is 1. The fourth-order valence-electron chi connectivity index (χ4n) is 2.01. The highest BCUT2D eigenvalue weighted by Gasteiger charge is 2.15. The van der Waals surface area contributed by atoms with Crippen molar-refractivity contribution in [3.63, 3.8) is 0 Å². The number of carbonyl (C=O) groups excluding carboxylic acids is 1. The maximum Gasteiger partial charge on any atom is 0.279 e. The van der Waals surface area contributed by atoms with Crippen molar-refractivity contribution in [2.24, 2.45) is 0 Å². The summed E-state index contributed by atoms with van der Waals surface area (Å²) in [5.74, 6) is 0.571. The van der Waals surface area contributed by atoms with Crippen LogP contribution in [0.1, 0.15) is 24.3 Å². The van der Waals surface area contributed by atoms with Crippen molar-refractivity contribution in [1.29, 1.82) is 0 Å². The zero-order valence-corrected chi connectivity index (χ0v) is 12.4. The van der Waals surface area contributed by atoms with Crippen LogP contribution in [0.25, 0.3) is 0 Å². The van der Waals surface area contributed by atoms with Gasteiger partial charge in [-0.15, -0.1) is 0 Å². The molecule has 0 radical (unpaired) electrons. The van der Waals surface area contributed by atoms with E-state index >= 15 is 0 Å². The van der Waals surface area contributed by atoms with Crippen LogP contribution in [0, 0.1) is 17.0 Å². The number of nitro benzene ring substituents is 1. The molecule has 7 nitrogen and oxygen atoms in total. The van der Waals surface area contributed by atoms with Gasteiger partial charge in [0.15, 0.2) is 12.3 Å². The second kappa shape index (κ2) is 6.86. The summed E-state index contributed by atoms with van der Waals surface area (Å²) >= 11 is 0. The van der Waals surface area contributed by atoms with Gasteiger partial charge in [0.25, 0.3) is 11.6 Å². The van der Waals surface area contributed by atoms with E-state index in [9.17, 15) is 14.9 Å². The van der Waals surface area contributed by atoms with Crippen LogP contribution in [0.15, 0.2) is 41.0 Å². The van der Waals surface area contributed by atoms with Crippen LogP contribution in [0.5, 0.6) is 0 Å². The predicted octanol–water partition coefficient (Wildman–Crippen LogP) is 1.76. The molecule has 0 aliphatic rings. The normalized spacial score (nSPS) is 11.9. The minimum atomic E-state index is -0.486. The van der Waals surface area contributed by atoms with Crippen LogP contribution in [0.4, 0.5) is 11.4 Å². The number of carbonyl (C=O) groups is 1. The Balaban J connectivity index is 1.94. The van der Waals surface area contributed by atoms with Gasteiger partial charge >= 0.3 is 0 Å². The van der Waals surface area contributed by atoms with E-state index in [4.69, 9.17) is 4.42 Å². The summed E-state index contributed by atoms with van der Waals surface area (Å²) in [4.78, 5) is 22.3. The lowest BCUT2D eigenvalue weighted by atomic mass is 10.2. The second-order valence-electron chi connectivity index (χ2n) is 5.05. The number of furan rings is 1. The quantitative estimate of drug-likeness (QED) is 0.627. The van der Waals surface area contributed by atoms with E-state index in [1.807, 2.05) is 18.3 Å². The van der Waals surface area contributed by atoms with Gasteiger partial charge in [-0.25, -0.2) is 0 Å². The molecule has 22 heavy (non-hydrogen) atoms. The molecule has 3 N–H and O–H groups in total. The fourth-order valence-corrected chi connectivity index (χ4v) is 2.01. The lowest BCUT2D eigenvalue weighted by Crippen LogP contribution is -2.86. The Morgan fingerprint density at radius 3 is 2.86 bits per heavy atom. The number of nitrogens with zero attached hydrogens (tertiary/aromatic N) is 1. The molecule has 1 heterocycles. The fraction of sp³-hybridized carbons (Fsp3) is 0.267. The zero-order chi connectivity index (χ0) is 16.1. The van der Waals surface area contributed by atoms with Gasteiger partial charge in [0.05, 0.1) is 16.9 Å². The first-order valence-electron chi connectivity index (χ1n) is 6.89. The van der Waals surface area contributed by atoms with Crippen LogP contribution in [-0.4, -0.2) is 17.4 Å². The van der Waals surface area contributed by atoms with E-state index in [0.717, 1.165) is 11.3 Å². The highest BCUT2D eigenvalue weighted by molar-refractivity contribution is 5.92. The largest absolute Gasteiger partial charge is 0.463 e. The number of rotatable bonds is 6. The molecule has 0 bridgehead atoms. The molecule has 0 unspecified atom stereocenters. The Morgan fingerprint density at radius 2 is 2.23 bits per heavy atom. The van der Waals surface area contributed by atoms with E-state index in [1.165, 1.54) is 12.1 Å². The highest BCUT2D eigenvalue weighted by Crippen LogP contribution is 2.21. The number of hydrogen-bond donors (Lipinski definition) is 2. The summed E-state index contributed by atoms with van der Waals surface area (Å²) in [5.41, 5.74) is 1.19. The van der Waals surface area contributed by atoms with Gasteiger partial charge in [-0.3, -0.25) is 14.9 Å². The maximum absolute atomic E-state index is 12.0. The van der Waals surface area contributed by atoms with Crippen LogP contribution in [0.3, 0.4) is 0 Å². The highest BCUT2D eigenvalue weighted by atomic mass is 16.6. The smallest absolute Gasteiger partial charge is 0.279 e. The Kier molecular flexibility index (Phi) is 4.90. The predicted molar refractivity (Wildman–Crippen MR) is 80.4 cm³/mol. The molecule has 0 aliphatic carbocycles. The van der Waals surface area contributed by atoms with Crippen molar-refractivity contribution in [3.8, 4) is 0 Å². The zero-order valence-electron chi connectivity index (χ0n) is 12.4. The van der Waals surface area contributed by atoms with Gasteiger partial charge in [-0.05, 0) is 31.5 Å². The summed E-state index contributed by atoms with van der Waals surface area (Å²) in [6, 6.07) is 8.06. The van der Waals surface area contributed by atoms with Crippen LogP contribution in [-0.2, 0) is 4.79 Å². The molecule has 1 atom stereocenters. The van der Waals surface area contributed by atoms with Crippen molar-refractivity contribution < 1.29 is 19.5 Å². The van der Waals surface area contributed by atoms with E-state index in [0.29, 0.717) is 5.69 Å². The van der Waals surface area contributed by atoms with Crippen molar-refractivity contribution in [1.82, 2.24) is 0 Å². The SMILES string of the molecule is Cc1ccc([N+](=O)[O-])cc1NC(=O)C[NH2+][C@@H](C)c1ccco1. The molecular formula is C15H18N3O4+. The van der Waals surface area contributed by atoms with Gasteiger partial charge < -0.3 is 15.1 Å². The van der Waals surface area contributed by atoms with E-state index < -0.39 is 4.92 Å². The molecule has 1 aromatic carbocycles. The third-order valence-corrected chi connectivity index (χ3v) is 3.35. The third-order valence-electron chi connectivity index (χ3n) is 3.35. The summed E-state index contributed by atoms with van der Waals surface area (Å²) in [5, 5.41) is 15.3. The lowest BCUT2D eigenvalue weighted by Gasteiger charge is -2.10. The Labute approximate surface area is 127 Å². The molecule has 7 heteroatoms. The molecular weight excluding hydrogens is 286 g/mol. The van der Waals surface area contributed by atoms with Gasteiger partial charge in [0.2, 0.25) is 0 Å². The molecule has 0 saturated heterocycles. The van der Waals surface area contributed by atoms with E-state index in [-0.39, 0.29) is 24.2 Å². The number of anilines is 1. The average Bonchev–Trinajstić information content (AvgIpc) is 3.01. The standard InChI is InChI=1S/C15H17N3O4/c1-10-5-6-12(18(20)21)8-13(10)17-15(19)9-16-11(2)14-4-3-7-22-14/h3-8,11,16H,9H2,1-2H3,(H,17,19)/p+1/t11-/m0/s1. The number of nitro groups is 1. The molecule has 0 spiro atoms. The van der Waals surface area contributed by atoms with Crippen LogP contribution >= 0.6 is 0 Å². The average molecular weight is 304 g/mol. The first kappa shape index (κ1) is 15.7. The summed E-state index contributed by atoms with van der Waals surface area (Å²) in [6.07, 6.45) is 1.59. The Bertz CT molecular complexity index is 667.